The monoisotopic (exact) mass is 476 g/mol. The van der Waals surface area contributed by atoms with Crippen LogP contribution < -0.4 is 0 Å². The van der Waals surface area contributed by atoms with Gasteiger partial charge >= 0.3 is 0 Å². The molecule has 4 aliphatic rings. The van der Waals surface area contributed by atoms with E-state index in [0.29, 0.717) is 37.7 Å². The van der Waals surface area contributed by atoms with Crippen LogP contribution in [0.1, 0.15) is 59.8 Å². The van der Waals surface area contributed by atoms with Gasteiger partial charge in [-0.3, -0.25) is 14.4 Å². The van der Waals surface area contributed by atoms with Crippen molar-refractivity contribution < 1.29 is 19.5 Å². The maximum atomic E-state index is 14.2. The third kappa shape index (κ3) is 3.87. The number of ketones is 1. The summed E-state index contributed by atoms with van der Waals surface area (Å²) in [4.78, 5) is 44.4. The molecule has 0 radical (unpaired) electrons. The number of aliphatic hydroxyl groups is 1. The highest BCUT2D eigenvalue weighted by Crippen LogP contribution is 2.53. The Labute approximate surface area is 202 Å². The number of fused-ring (bicyclic) bond motifs is 2. The maximum Gasteiger partial charge on any atom is 0.236 e. The van der Waals surface area contributed by atoms with Crippen molar-refractivity contribution in [3.63, 3.8) is 0 Å². The van der Waals surface area contributed by atoms with E-state index in [-0.39, 0.29) is 35.4 Å². The van der Waals surface area contributed by atoms with E-state index >= 15 is 0 Å². The van der Waals surface area contributed by atoms with Gasteiger partial charge < -0.3 is 14.9 Å². The molecule has 2 heterocycles. The molecule has 2 aliphatic carbocycles. The summed E-state index contributed by atoms with van der Waals surface area (Å²) in [6.07, 6.45) is 9.37. The quantitative estimate of drug-likeness (QED) is 0.450. The van der Waals surface area contributed by atoms with E-state index < -0.39 is 22.8 Å². The average Bonchev–Trinajstić information content (AvgIpc) is 3.26. The number of hydrogen-bond donors (Lipinski definition) is 1. The Morgan fingerprint density at radius 1 is 1.15 bits per heavy atom. The second-order valence-electron chi connectivity index (χ2n) is 10.3. The van der Waals surface area contributed by atoms with Gasteiger partial charge in [0.1, 0.15) is 5.92 Å². The van der Waals surface area contributed by atoms with Crippen LogP contribution in [0, 0.1) is 35.5 Å². The summed E-state index contributed by atoms with van der Waals surface area (Å²) in [6.45, 7) is 9.42. The van der Waals surface area contributed by atoms with E-state index in [1.165, 1.54) is 23.1 Å². The SMILES string of the molecule is CCSC1C(C(=O)C2C(C)C=CC3CCCCC32)C(=O)N2CCC(C(=O)N(CC)CC)C12O. The number of allylic oxidation sites excluding steroid dienone is 2. The third-order valence-electron chi connectivity index (χ3n) is 8.76. The molecule has 0 spiro atoms. The first kappa shape index (κ1) is 24.8. The average molecular weight is 477 g/mol. The van der Waals surface area contributed by atoms with Crippen molar-refractivity contribution in [1.29, 1.82) is 0 Å². The molecule has 8 atom stereocenters. The second-order valence-corrected chi connectivity index (χ2v) is 11.7. The number of nitrogens with zero attached hydrogens (tertiary/aromatic N) is 2. The molecule has 2 saturated heterocycles. The first-order chi connectivity index (χ1) is 15.8. The van der Waals surface area contributed by atoms with Crippen LogP contribution >= 0.6 is 11.8 Å². The topological polar surface area (TPSA) is 77.9 Å². The van der Waals surface area contributed by atoms with Gasteiger partial charge in [0.15, 0.2) is 11.5 Å². The van der Waals surface area contributed by atoms with E-state index in [1.54, 1.807) is 4.90 Å². The first-order valence-electron chi connectivity index (χ1n) is 13.0. The summed E-state index contributed by atoms with van der Waals surface area (Å²) in [5, 5.41) is 11.4. The number of Topliss-reactive ketones (excluding diaryl/α,β-unsaturated/α-hetero) is 1. The summed E-state index contributed by atoms with van der Waals surface area (Å²) < 4.78 is 0. The Morgan fingerprint density at radius 2 is 1.85 bits per heavy atom. The number of hydrogen-bond acceptors (Lipinski definition) is 5. The molecule has 8 unspecified atom stereocenters. The van der Waals surface area contributed by atoms with Gasteiger partial charge in [-0.05, 0) is 56.6 Å². The number of carbonyl (C=O) groups is 3. The molecule has 184 valence electrons. The van der Waals surface area contributed by atoms with Crippen LogP contribution in [0.2, 0.25) is 0 Å². The fraction of sp³-hybridized carbons (Fsp3) is 0.808. The fourth-order valence-corrected chi connectivity index (χ4v) is 8.47. The molecule has 0 aromatic heterocycles. The lowest BCUT2D eigenvalue weighted by Gasteiger charge is -2.42. The molecule has 0 bridgehead atoms. The molecule has 3 fully saturated rings. The lowest BCUT2D eigenvalue weighted by Crippen LogP contribution is -2.55. The standard InChI is InChI=1S/C26H40N2O4S/c1-5-27(6-2)24(30)19-14-15-28-25(31)21(23(33-7-3)26(19,28)32)22(29)20-16(4)12-13-17-10-8-9-11-18(17)20/h12-13,16-21,23,32H,5-11,14-15H2,1-4H3. The van der Waals surface area contributed by atoms with E-state index in [2.05, 4.69) is 19.1 Å². The minimum Gasteiger partial charge on any atom is -0.369 e. The molecular formula is C26H40N2O4S. The lowest BCUT2D eigenvalue weighted by molar-refractivity contribution is -0.155. The number of thioether (sulfide) groups is 1. The fourth-order valence-electron chi connectivity index (χ4n) is 7.13. The van der Waals surface area contributed by atoms with Gasteiger partial charge in [0, 0.05) is 25.6 Å². The zero-order valence-electron chi connectivity index (χ0n) is 20.5. The van der Waals surface area contributed by atoms with Gasteiger partial charge in [-0.15, -0.1) is 0 Å². The van der Waals surface area contributed by atoms with E-state index in [9.17, 15) is 19.5 Å². The number of rotatable bonds is 7. The molecule has 6 nitrogen and oxygen atoms in total. The lowest BCUT2D eigenvalue weighted by atomic mass is 9.62. The van der Waals surface area contributed by atoms with Gasteiger partial charge in [-0.25, -0.2) is 0 Å². The molecule has 1 N–H and O–H groups in total. The van der Waals surface area contributed by atoms with Crippen molar-refractivity contribution in [3.8, 4) is 0 Å². The molecule has 0 aromatic carbocycles. The molecular weight excluding hydrogens is 436 g/mol. The van der Waals surface area contributed by atoms with Crippen molar-refractivity contribution in [2.24, 2.45) is 35.5 Å². The van der Waals surface area contributed by atoms with E-state index in [1.807, 2.05) is 20.8 Å². The van der Waals surface area contributed by atoms with E-state index in [4.69, 9.17) is 0 Å². The molecule has 33 heavy (non-hydrogen) atoms. The predicted molar refractivity (Wildman–Crippen MR) is 130 cm³/mol. The van der Waals surface area contributed by atoms with Crippen LogP contribution in [0.15, 0.2) is 12.2 Å². The summed E-state index contributed by atoms with van der Waals surface area (Å²) in [5.41, 5.74) is -1.59. The van der Waals surface area contributed by atoms with Crippen LogP contribution in [-0.2, 0) is 14.4 Å². The summed E-state index contributed by atoms with van der Waals surface area (Å²) >= 11 is 1.47. The largest absolute Gasteiger partial charge is 0.369 e. The minimum atomic E-state index is -1.59. The van der Waals surface area contributed by atoms with E-state index in [0.717, 1.165) is 19.3 Å². The van der Waals surface area contributed by atoms with Crippen molar-refractivity contribution in [2.45, 2.75) is 70.8 Å². The molecule has 2 aliphatic heterocycles. The van der Waals surface area contributed by atoms with Crippen molar-refractivity contribution in [3.05, 3.63) is 12.2 Å². The van der Waals surface area contributed by atoms with Crippen molar-refractivity contribution >= 4 is 29.4 Å². The Morgan fingerprint density at radius 3 is 2.52 bits per heavy atom. The third-order valence-corrected chi connectivity index (χ3v) is 10.1. The van der Waals surface area contributed by atoms with Crippen LogP contribution in [0.5, 0.6) is 0 Å². The van der Waals surface area contributed by atoms with Gasteiger partial charge in [0.05, 0.1) is 11.2 Å². The van der Waals surface area contributed by atoms with Crippen LogP contribution in [0.25, 0.3) is 0 Å². The van der Waals surface area contributed by atoms with Crippen molar-refractivity contribution in [1.82, 2.24) is 9.80 Å². The van der Waals surface area contributed by atoms with Crippen LogP contribution in [-0.4, -0.2) is 68.9 Å². The summed E-state index contributed by atoms with van der Waals surface area (Å²) in [6, 6.07) is 0. The number of carbonyl (C=O) groups excluding carboxylic acids is 3. The highest BCUT2D eigenvalue weighted by Gasteiger charge is 2.68. The summed E-state index contributed by atoms with van der Waals surface area (Å²) in [5.74, 6) is -0.631. The van der Waals surface area contributed by atoms with Gasteiger partial charge in [-0.2, -0.15) is 11.8 Å². The Bertz CT molecular complexity index is 812. The summed E-state index contributed by atoms with van der Waals surface area (Å²) in [7, 11) is 0. The van der Waals surface area contributed by atoms with Gasteiger partial charge in [0.2, 0.25) is 11.8 Å². The zero-order chi connectivity index (χ0) is 23.9. The Kier molecular flexibility index (Phi) is 7.30. The second kappa shape index (κ2) is 9.73. The molecule has 7 heteroatoms. The maximum absolute atomic E-state index is 14.2. The molecule has 0 aromatic rings. The first-order valence-corrected chi connectivity index (χ1v) is 14.0. The van der Waals surface area contributed by atoms with Crippen LogP contribution in [0.3, 0.4) is 0 Å². The molecule has 1 saturated carbocycles. The highest BCUT2D eigenvalue weighted by molar-refractivity contribution is 8.00. The Balaban J connectivity index is 1.68. The van der Waals surface area contributed by atoms with Gasteiger partial charge in [0.25, 0.3) is 0 Å². The highest BCUT2D eigenvalue weighted by atomic mass is 32.2. The van der Waals surface area contributed by atoms with Crippen molar-refractivity contribution in [2.75, 3.05) is 25.4 Å². The number of amides is 2. The molecule has 4 rings (SSSR count). The Hall–Kier alpha value is -1.34. The van der Waals surface area contributed by atoms with Gasteiger partial charge in [-0.1, -0.05) is 38.8 Å². The molecule has 2 amide bonds. The smallest absolute Gasteiger partial charge is 0.236 e. The van der Waals surface area contributed by atoms with Crippen LogP contribution in [0.4, 0.5) is 0 Å². The normalized spacial score (nSPS) is 40.0. The zero-order valence-corrected chi connectivity index (χ0v) is 21.4. The minimum absolute atomic E-state index is 0.00318. The predicted octanol–water partition coefficient (Wildman–Crippen LogP) is 3.34.